The van der Waals surface area contributed by atoms with Gasteiger partial charge >= 0.3 is 0 Å². The monoisotopic (exact) mass is 508 g/mol. The van der Waals surface area contributed by atoms with Crippen molar-refractivity contribution in [3.05, 3.63) is 79.9 Å². The lowest BCUT2D eigenvalue weighted by Gasteiger charge is -2.33. The van der Waals surface area contributed by atoms with Crippen molar-refractivity contribution in [2.45, 2.75) is 31.3 Å². The summed E-state index contributed by atoms with van der Waals surface area (Å²) in [7, 11) is 0. The molecule has 11 nitrogen and oxygen atoms in total. The van der Waals surface area contributed by atoms with Gasteiger partial charge in [0, 0.05) is 37.7 Å². The number of rotatable bonds is 8. The first-order valence-corrected chi connectivity index (χ1v) is 12.5. The molecule has 1 heterocycles. The van der Waals surface area contributed by atoms with Crippen LogP contribution in [-0.4, -0.2) is 51.3 Å². The number of aliphatic hydroxyl groups is 1. The van der Waals surface area contributed by atoms with E-state index in [1.165, 1.54) is 0 Å². The van der Waals surface area contributed by atoms with Crippen LogP contribution < -0.4 is 5.32 Å². The van der Waals surface area contributed by atoms with Crippen molar-refractivity contribution < 1.29 is 24.5 Å². The van der Waals surface area contributed by atoms with Crippen LogP contribution in [0.3, 0.4) is 0 Å². The number of carbonyl (C=O) groups is 2. The number of likely N-dealkylation sites (tertiary alicyclic amines) is 1. The number of non-ortho nitro benzene ring substituents is 2. The molecule has 2 saturated carbocycles. The largest absolute Gasteiger partial charge is 0.375 e. The van der Waals surface area contributed by atoms with Crippen molar-refractivity contribution in [1.29, 1.82) is 0 Å². The van der Waals surface area contributed by atoms with Gasteiger partial charge in [0.15, 0.2) is 5.60 Å². The van der Waals surface area contributed by atoms with E-state index in [9.17, 15) is 34.9 Å². The van der Waals surface area contributed by atoms with Gasteiger partial charge in [0.1, 0.15) is 0 Å². The summed E-state index contributed by atoms with van der Waals surface area (Å²) in [5, 5.41) is 36.9. The predicted octanol–water partition coefficient (Wildman–Crippen LogP) is 3.02. The van der Waals surface area contributed by atoms with Crippen LogP contribution in [-0.2, 0) is 10.4 Å². The van der Waals surface area contributed by atoms with Crippen LogP contribution in [0.4, 0.5) is 11.4 Å². The molecule has 37 heavy (non-hydrogen) atoms. The number of nitrogens with one attached hydrogen (secondary N) is 1. The van der Waals surface area contributed by atoms with Gasteiger partial charge < -0.3 is 15.3 Å². The molecule has 2 aliphatic carbocycles. The van der Waals surface area contributed by atoms with Crippen molar-refractivity contribution in [2.24, 2.45) is 23.7 Å². The zero-order valence-corrected chi connectivity index (χ0v) is 20.1. The molecule has 0 bridgehead atoms. The number of piperidine rings is 1. The quantitative estimate of drug-likeness (QED) is 0.410. The Morgan fingerprint density at radius 2 is 1.54 bits per heavy atom. The molecule has 3 aliphatic rings. The molecule has 5 rings (SSSR count). The van der Waals surface area contributed by atoms with Crippen LogP contribution in [0.5, 0.6) is 0 Å². The molecule has 2 aromatic carbocycles. The summed E-state index contributed by atoms with van der Waals surface area (Å²) in [6.07, 6.45) is 3.55. The van der Waals surface area contributed by atoms with Gasteiger partial charge in [-0.3, -0.25) is 29.8 Å². The Bertz CT molecular complexity index is 1200. The van der Waals surface area contributed by atoms with E-state index in [4.69, 9.17) is 0 Å². The molecule has 0 spiro atoms. The Balaban J connectivity index is 1.21. The summed E-state index contributed by atoms with van der Waals surface area (Å²) in [5.74, 6) is -0.533. The van der Waals surface area contributed by atoms with E-state index in [1.54, 1.807) is 17.0 Å². The molecule has 0 aromatic heterocycles. The first-order chi connectivity index (χ1) is 17.7. The SMILES string of the molecule is O=C(c1cc([N+](=O)[O-])cc([N+](=O)[O-])c1)N1CC2C(CNC(=O)C(O)(c3ccccc3)C3CCCC3)C2C1. The maximum absolute atomic E-state index is 13.3. The normalized spacial score (nSPS) is 24.2. The van der Waals surface area contributed by atoms with E-state index in [-0.39, 0.29) is 29.2 Å². The van der Waals surface area contributed by atoms with Crippen molar-refractivity contribution >= 4 is 23.2 Å². The predicted molar refractivity (Wildman–Crippen MR) is 131 cm³/mol. The number of benzene rings is 2. The Morgan fingerprint density at radius 1 is 0.973 bits per heavy atom. The molecule has 3 unspecified atom stereocenters. The Morgan fingerprint density at radius 3 is 2.08 bits per heavy atom. The molecule has 2 amide bonds. The van der Waals surface area contributed by atoms with Gasteiger partial charge in [-0.2, -0.15) is 0 Å². The van der Waals surface area contributed by atoms with Crippen molar-refractivity contribution in [1.82, 2.24) is 10.2 Å². The van der Waals surface area contributed by atoms with Gasteiger partial charge in [-0.05, 0) is 36.2 Å². The second-order valence-electron chi connectivity index (χ2n) is 10.3. The van der Waals surface area contributed by atoms with E-state index >= 15 is 0 Å². The number of hydrogen-bond donors (Lipinski definition) is 2. The molecule has 11 heteroatoms. The maximum Gasteiger partial charge on any atom is 0.277 e. The minimum Gasteiger partial charge on any atom is -0.375 e. The highest BCUT2D eigenvalue weighted by Crippen LogP contribution is 2.52. The van der Waals surface area contributed by atoms with E-state index in [0.29, 0.717) is 25.2 Å². The van der Waals surface area contributed by atoms with Gasteiger partial charge in [-0.15, -0.1) is 0 Å². The van der Waals surface area contributed by atoms with Crippen LogP contribution in [0.2, 0.25) is 0 Å². The summed E-state index contributed by atoms with van der Waals surface area (Å²) in [5.41, 5.74) is -2.08. The van der Waals surface area contributed by atoms with Gasteiger partial charge in [0.2, 0.25) is 0 Å². The summed E-state index contributed by atoms with van der Waals surface area (Å²) in [6, 6.07) is 12.0. The second-order valence-corrected chi connectivity index (χ2v) is 10.3. The number of carbonyl (C=O) groups excluding carboxylic acids is 2. The zero-order valence-electron chi connectivity index (χ0n) is 20.1. The molecule has 0 radical (unpaired) electrons. The topological polar surface area (TPSA) is 156 Å². The third kappa shape index (κ3) is 4.55. The van der Waals surface area contributed by atoms with Gasteiger partial charge in [0.05, 0.1) is 21.5 Å². The average Bonchev–Trinajstić information content (AvgIpc) is 3.30. The summed E-state index contributed by atoms with van der Waals surface area (Å²) >= 11 is 0. The van der Waals surface area contributed by atoms with Crippen molar-refractivity contribution in [3.8, 4) is 0 Å². The number of nitrogens with zero attached hydrogens (tertiary/aromatic N) is 3. The van der Waals surface area contributed by atoms with Crippen LogP contribution in [0.15, 0.2) is 48.5 Å². The fraction of sp³-hybridized carbons (Fsp3) is 0.462. The lowest BCUT2D eigenvalue weighted by Crippen LogP contribution is -2.49. The number of fused-ring (bicyclic) bond motifs is 1. The van der Waals surface area contributed by atoms with Gasteiger partial charge in [0.25, 0.3) is 23.2 Å². The second kappa shape index (κ2) is 9.55. The van der Waals surface area contributed by atoms with E-state index in [0.717, 1.165) is 43.9 Å². The molecular formula is C26H28N4O7. The van der Waals surface area contributed by atoms with E-state index < -0.39 is 38.6 Å². The Hall–Kier alpha value is -3.86. The van der Waals surface area contributed by atoms with Gasteiger partial charge in [-0.1, -0.05) is 43.2 Å². The van der Waals surface area contributed by atoms with Crippen LogP contribution in [0.1, 0.15) is 41.6 Å². The first kappa shape index (κ1) is 24.8. The lowest BCUT2D eigenvalue weighted by atomic mass is 9.79. The molecule has 2 N–H and O–H groups in total. The zero-order chi connectivity index (χ0) is 26.3. The molecule has 1 aliphatic heterocycles. The molecule has 3 fully saturated rings. The third-order valence-electron chi connectivity index (χ3n) is 8.23. The number of hydrogen-bond acceptors (Lipinski definition) is 7. The highest BCUT2D eigenvalue weighted by atomic mass is 16.6. The smallest absolute Gasteiger partial charge is 0.277 e. The molecule has 2 aromatic rings. The first-order valence-electron chi connectivity index (χ1n) is 12.5. The van der Waals surface area contributed by atoms with E-state index in [2.05, 4.69) is 5.32 Å². The molecule has 1 saturated heterocycles. The summed E-state index contributed by atoms with van der Waals surface area (Å²) in [6.45, 7) is 1.21. The lowest BCUT2D eigenvalue weighted by molar-refractivity contribution is -0.394. The minimum absolute atomic E-state index is 0.0865. The van der Waals surface area contributed by atoms with Crippen LogP contribution in [0, 0.1) is 43.9 Å². The molecule has 194 valence electrons. The van der Waals surface area contributed by atoms with Crippen molar-refractivity contribution in [3.63, 3.8) is 0 Å². The highest BCUT2D eigenvalue weighted by molar-refractivity contribution is 5.96. The average molecular weight is 509 g/mol. The minimum atomic E-state index is -1.58. The van der Waals surface area contributed by atoms with Crippen molar-refractivity contribution in [2.75, 3.05) is 19.6 Å². The third-order valence-corrected chi connectivity index (χ3v) is 8.23. The maximum atomic E-state index is 13.3. The summed E-state index contributed by atoms with van der Waals surface area (Å²) < 4.78 is 0. The standard InChI is InChI=1S/C26H28N4O7/c31-24(16-10-19(29(34)35)12-20(11-16)30(36)37)28-14-22-21(23(22)15-28)13-27-25(32)26(33,18-8-4-5-9-18)17-6-2-1-3-7-17/h1-3,6-7,10-12,18,21-23,33H,4-5,8-9,13-15H2,(H,27,32). The fourth-order valence-electron chi connectivity index (χ4n) is 6.16. The number of amides is 2. The Kier molecular flexibility index (Phi) is 6.40. The Labute approximate surface area is 212 Å². The van der Waals surface area contributed by atoms with E-state index in [1.807, 2.05) is 18.2 Å². The number of nitro groups is 2. The molecule has 3 atom stereocenters. The van der Waals surface area contributed by atoms with Crippen LogP contribution >= 0.6 is 0 Å². The van der Waals surface area contributed by atoms with Gasteiger partial charge in [-0.25, -0.2) is 0 Å². The highest BCUT2D eigenvalue weighted by Gasteiger charge is 2.57. The fourth-order valence-corrected chi connectivity index (χ4v) is 6.16. The number of nitro benzene ring substituents is 2. The summed E-state index contributed by atoms with van der Waals surface area (Å²) in [4.78, 5) is 48.6. The molecular weight excluding hydrogens is 480 g/mol. The van der Waals surface area contributed by atoms with Crippen LogP contribution in [0.25, 0.3) is 0 Å².